The van der Waals surface area contributed by atoms with Gasteiger partial charge in [0.15, 0.2) is 0 Å². The zero-order valence-corrected chi connectivity index (χ0v) is 8.70. The molecule has 0 bridgehead atoms. The van der Waals surface area contributed by atoms with Crippen LogP contribution in [0.4, 0.5) is 0 Å². The fraction of sp³-hybridized carbons (Fsp3) is 0.600. The number of amides is 1. The number of unbranched alkanes of at least 4 members (excludes halogenated alkanes) is 3. The van der Waals surface area contributed by atoms with Crippen molar-refractivity contribution in [2.24, 2.45) is 0 Å². The lowest BCUT2D eigenvalue weighted by atomic mass is 10.2. The van der Waals surface area contributed by atoms with Gasteiger partial charge in [-0.05, 0) is 18.9 Å². The number of aromatic nitrogens is 2. The van der Waals surface area contributed by atoms with Crippen molar-refractivity contribution in [3.63, 3.8) is 0 Å². The predicted octanol–water partition coefficient (Wildman–Crippen LogP) is 0.692. The van der Waals surface area contributed by atoms with Crippen LogP contribution in [0, 0.1) is 0 Å². The molecule has 84 valence electrons. The summed E-state index contributed by atoms with van der Waals surface area (Å²) in [6, 6.07) is 1.64. The fourth-order valence-electron chi connectivity index (χ4n) is 1.27. The van der Waals surface area contributed by atoms with Crippen LogP contribution in [0.1, 0.15) is 36.2 Å². The summed E-state index contributed by atoms with van der Waals surface area (Å²) in [5, 5.41) is 17.6. The van der Waals surface area contributed by atoms with E-state index in [1.165, 1.54) is 0 Å². The van der Waals surface area contributed by atoms with Gasteiger partial charge in [-0.2, -0.15) is 5.10 Å². The lowest BCUT2D eigenvalue weighted by Gasteiger charge is -2.02. The van der Waals surface area contributed by atoms with Crippen LogP contribution in [0.25, 0.3) is 0 Å². The molecule has 0 radical (unpaired) electrons. The predicted molar refractivity (Wildman–Crippen MR) is 56.5 cm³/mol. The molecule has 0 saturated heterocycles. The Bertz CT molecular complexity index is 272. The molecule has 0 fully saturated rings. The topological polar surface area (TPSA) is 78.0 Å². The van der Waals surface area contributed by atoms with Gasteiger partial charge in [-0.1, -0.05) is 12.8 Å². The zero-order chi connectivity index (χ0) is 10.9. The van der Waals surface area contributed by atoms with Crippen molar-refractivity contribution < 1.29 is 9.90 Å². The molecule has 0 aliphatic rings. The van der Waals surface area contributed by atoms with Gasteiger partial charge in [-0.25, -0.2) is 0 Å². The van der Waals surface area contributed by atoms with E-state index in [-0.39, 0.29) is 12.5 Å². The number of aliphatic hydroxyl groups is 1. The second-order valence-corrected chi connectivity index (χ2v) is 3.36. The molecule has 1 aromatic rings. The molecule has 5 nitrogen and oxygen atoms in total. The second-order valence-electron chi connectivity index (χ2n) is 3.36. The molecule has 5 heteroatoms. The highest BCUT2D eigenvalue weighted by Gasteiger charge is 2.04. The van der Waals surface area contributed by atoms with Gasteiger partial charge in [0.2, 0.25) is 0 Å². The molecule has 1 amide bonds. The smallest absolute Gasteiger partial charge is 0.269 e. The van der Waals surface area contributed by atoms with E-state index < -0.39 is 0 Å². The molecule has 0 saturated carbocycles. The third kappa shape index (κ3) is 4.60. The molecule has 1 heterocycles. The minimum atomic E-state index is -0.116. The minimum Gasteiger partial charge on any atom is -0.396 e. The van der Waals surface area contributed by atoms with Crippen molar-refractivity contribution >= 4 is 5.91 Å². The number of hydrogen-bond donors (Lipinski definition) is 3. The lowest BCUT2D eigenvalue weighted by Crippen LogP contribution is -2.24. The molecular weight excluding hydrogens is 194 g/mol. The van der Waals surface area contributed by atoms with E-state index in [0.717, 1.165) is 25.7 Å². The molecular formula is C10H17N3O2. The molecule has 0 aromatic carbocycles. The Kier molecular flexibility index (Phi) is 5.47. The molecule has 0 spiro atoms. The molecule has 1 rings (SSSR count). The maximum Gasteiger partial charge on any atom is 0.269 e. The first-order valence-corrected chi connectivity index (χ1v) is 5.23. The van der Waals surface area contributed by atoms with Crippen molar-refractivity contribution in [3.8, 4) is 0 Å². The largest absolute Gasteiger partial charge is 0.396 e. The quantitative estimate of drug-likeness (QED) is 0.581. The van der Waals surface area contributed by atoms with Gasteiger partial charge in [-0.15, -0.1) is 0 Å². The number of carbonyl (C=O) groups is 1. The highest BCUT2D eigenvalue weighted by Crippen LogP contribution is 1.98. The summed E-state index contributed by atoms with van der Waals surface area (Å²) in [5.41, 5.74) is 0.491. The van der Waals surface area contributed by atoms with E-state index >= 15 is 0 Å². The van der Waals surface area contributed by atoms with E-state index in [0.29, 0.717) is 12.2 Å². The van der Waals surface area contributed by atoms with Crippen LogP contribution in [-0.2, 0) is 0 Å². The third-order valence-corrected chi connectivity index (χ3v) is 2.12. The monoisotopic (exact) mass is 211 g/mol. The van der Waals surface area contributed by atoms with Gasteiger partial charge >= 0.3 is 0 Å². The maximum atomic E-state index is 11.4. The highest BCUT2D eigenvalue weighted by molar-refractivity contribution is 5.91. The second kappa shape index (κ2) is 7.00. The number of hydrogen-bond acceptors (Lipinski definition) is 3. The Morgan fingerprint density at radius 2 is 2.20 bits per heavy atom. The fourth-order valence-corrected chi connectivity index (χ4v) is 1.27. The van der Waals surface area contributed by atoms with Crippen LogP contribution < -0.4 is 5.32 Å². The highest BCUT2D eigenvalue weighted by atomic mass is 16.2. The van der Waals surface area contributed by atoms with E-state index in [1.807, 2.05) is 0 Å². The van der Waals surface area contributed by atoms with E-state index in [2.05, 4.69) is 15.5 Å². The minimum absolute atomic E-state index is 0.116. The Labute approximate surface area is 88.9 Å². The molecule has 3 N–H and O–H groups in total. The van der Waals surface area contributed by atoms with Gasteiger partial charge in [0.05, 0.1) is 0 Å². The number of aliphatic hydroxyl groups excluding tert-OH is 1. The molecule has 0 aliphatic heterocycles. The SMILES string of the molecule is O=C(NCCCCCCO)c1ccn[nH]1. The van der Waals surface area contributed by atoms with Crippen molar-refractivity contribution in [2.45, 2.75) is 25.7 Å². The van der Waals surface area contributed by atoms with Gasteiger partial charge in [-0.3, -0.25) is 9.89 Å². The lowest BCUT2D eigenvalue weighted by molar-refractivity contribution is 0.0948. The summed E-state index contributed by atoms with van der Waals surface area (Å²) >= 11 is 0. The van der Waals surface area contributed by atoms with Gasteiger partial charge < -0.3 is 10.4 Å². The Morgan fingerprint density at radius 1 is 1.40 bits per heavy atom. The zero-order valence-electron chi connectivity index (χ0n) is 8.70. The van der Waals surface area contributed by atoms with Gasteiger partial charge in [0.1, 0.15) is 5.69 Å². The van der Waals surface area contributed by atoms with Crippen LogP contribution in [0.15, 0.2) is 12.3 Å². The van der Waals surface area contributed by atoms with Gasteiger partial charge in [0, 0.05) is 19.3 Å². The normalized spacial score (nSPS) is 10.2. The Balaban J connectivity index is 2.03. The van der Waals surface area contributed by atoms with E-state index in [1.54, 1.807) is 12.3 Å². The van der Waals surface area contributed by atoms with Gasteiger partial charge in [0.25, 0.3) is 5.91 Å². The summed E-state index contributed by atoms with van der Waals surface area (Å²) in [5.74, 6) is -0.116. The summed E-state index contributed by atoms with van der Waals surface area (Å²) in [6.07, 6.45) is 5.38. The summed E-state index contributed by atoms with van der Waals surface area (Å²) in [7, 11) is 0. The van der Waals surface area contributed by atoms with Crippen molar-refractivity contribution in [1.29, 1.82) is 0 Å². The van der Waals surface area contributed by atoms with Crippen LogP contribution in [-0.4, -0.2) is 34.4 Å². The first kappa shape index (κ1) is 11.7. The molecule has 15 heavy (non-hydrogen) atoms. The number of carbonyl (C=O) groups excluding carboxylic acids is 1. The van der Waals surface area contributed by atoms with E-state index in [4.69, 9.17) is 5.11 Å². The number of nitrogens with one attached hydrogen (secondary N) is 2. The molecule has 0 aliphatic carbocycles. The standard InChI is InChI=1S/C10H17N3O2/c14-8-4-2-1-3-6-11-10(15)9-5-7-12-13-9/h5,7,14H,1-4,6,8H2,(H,11,15)(H,12,13). The average Bonchev–Trinajstić information content (AvgIpc) is 2.76. The number of aromatic amines is 1. The first-order valence-electron chi connectivity index (χ1n) is 5.23. The third-order valence-electron chi connectivity index (χ3n) is 2.12. The number of nitrogens with zero attached hydrogens (tertiary/aromatic N) is 1. The Hall–Kier alpha value is -1.36. The number of H-pyrrole nitrogens is 1. The van der Waals surface area contributed by atoms with Crippen LogP contribution in [0.3, 0.4) is 0 Å². The Morgan fingerprint density at radius 3 is 2.87 bits per heavy atom. The summed E-state index contributed by atoms with van der Waals surface area (Å²) in [4.78, 5) is 11.4. The number of rotatable bonds is 7. The summed E-state index contributed by atoms with van der Waals surface area (Å²) < 4.78 is 0. The van der Waals surface area contributed by atoms with Crippen molar-refractivity contribution in [2.75, 3.05) is 13.2 Å². The van der Waals surface area contributed by atoms with Crippen molar-refractivity contribution in [1.82, 2.24) is 15.5 Å². The average molecular weight is 211 g/mol. The van der Waals surface area contributed by atoms with E-state index in [9.17, 15) is 4.79 Å². The first-order chi connectivity index (χ1) is 7.34. The molecule has 0 unspecified atom stereocenters. The van der Waals surface area contributed by atoms with Crippen molar-refractivity contribution in [3.05, 3.63) is 18.0 Å². The van der Waals surface area contributed by atoms with Crippen LogP contribution in [0.5, 0.6) is 0 Å². The maximum absolute atomic E-state index is 11.4. The van der Waals surface area contributed by atoms with Crippen LogP contribution in [0.2, 0.25) is 0 Å². The molecule has 0 atom stereocenters. The van der Waals surface area contributed by atoms with Crippen LogP contribution >= 0.6 is 0 Å². The molecule has 1 aromatic heterocycles. The summed E-state index contributed by atoms with van der Waals surface area (Å²) in [6.45, 7) is 0.920.